The van der Waals surface area contributed by atoms with Gasteiger partial charge in [0, 0.05) is 29.0 Å². The summed E-state index contributed by atoms with van der Waals surface area (Å²) >= 11 is 0. The zero-order valence-electron chi connectivity index (χ0n) is 9.68. The highest BCUT2D eigenvalue weighted by molar-refractivity contribution is 5.22. The third-order valence-electron chi connectivity index (χ3n) is 2.17. The molecule has 3 heteroatoms. The molecule has 1 N–H and O–H groups in total. The van der Waals surface area contributed by atoms with Crippen LogP contribution in [0.15, 0.2) is 6.33 Å². The molecule has 1 rings (SSSR count). The molecule has 14 heavy (non-hydrogen) atoms. The van der Waals surface area contributed by atoms with Crippen LogP contribution >= 0.6 is 0 Å². The Labute approximate surface area is 86.0 Å². The molecule has 3 nitrogen and oxygen atoms in total. The van der Waals surface area contributed by atoms with Crippen LogP contribution < -0.4 is 5.32 Å². The molecule has 0 bridgehead atoms. The molecule has 0 aromatic carbocycles. The molecular weight excluding hydrogens is 174 g/mol. The minimum absolute atomic E-state index is 0.134. The molecule has 0 aliphatic carbocycles. The lowest BCUT2D eigenvalue weighted by molar-refractivity contribution is 0.422. The Morgan fingerprint density at radius 2 is 1.64 bits per heavy atom. The van der Waals surface area contributed by atoms with Gasteiger partial charge >= 0.3 is 0 Å². The molecular formula is C11H19N3. The Bertz CT molecular complexity index is 293. The van der Waals surface area contributed by atoms with Crippen LogP contribution in [0.25, 0.3) is 0 Å². The lowest BCUT2D eigenvalue weighted by Crippen LogP contribution is -2.35. The quantitative estimate of drug-likeness (QED) is 0.780. The molecule has 0 saturated carbocycles. The lowest BCUT2D eigenvalue weighted by Gasteiger charge is -2.21. The molecule has 0 atom stereocenters. The zero-order chi connectivity index (χ0) is 10.8. The Balaban J connectivity index is 2.77. The third-order valence-corrected chi connectivity index (χ3v) is 2.17. The summed E-state index contributed by atoms with van der Waals surface area (Å²) in [6.45, 7) is 11.3. The number of nitrogens with zero attached hydrogens (tertiary/aromatic N) is 2. The maximum absolute atomic E-state index is 4.19. The van der Waals surface area contributed by atoms with Crippen molar-refractivity contribution >= 4 is 0 Å². The van der Waals surface area contributed by atoms with Crippen LogP contribution in [0.4, 0.5) is 0 Å². The van der Waals surface area contributed by atoms with Crippen molar-refractivity contribution in [1.82, 2.24) is 15.3 Å². The summed E-state index contributed by atoms with van der Waals surface area (Å²) in [6, 6.07) is 0. The molecule has 78 valence electrons. The Kier molecular flexibility index (Phi) is 3.21. The molecule has 0 saturated heterocycles. The second kappa shape index (κ2) is 4.05. The standard InChI is InChI=1S/C11H19N3/c1-8-10(6-14-11(3,4)5)9(2)13-7-12-8/h7,14H,6H2,1-5H3. The number of hydrogen-bond donors (Lipinski definition) is 1. The SMILES string of the molecule is Cc1ncnc(C)c1CNC(C)(C)C. The highest BCUT2D eigenvalue weighted by Gasteiger charge is 2.11. The second-order valence-corrected chi connectivity index (χ2v) is 4.63. The van der Waals surface area contributed by atoms with Gasteiger partial charge in [-0.05, 0) is 34.6 Å². The fourth-order valence-corrected chi connectivity index (χ4v) is 1.23. The number of nitrogens with one attached hydrogen (secondary N) is 1. The van der Waals surface area contributed by atoms with Crippen molar-refractivity contribution in [2.45, 2.75) is 46.7 Å². The van der Waals surface area contributed by atoms with Gasteiger partial charge in [-0.1, -0.05) is 0 Å². The fourth-order valence-electron chi connectivity index (χ4n) is 1.23. The fraction of sp³-hybridized carbons (Fsp3) is 0.636. The van der Waals surface area contributed by atoms with E-state index in [0.29, 0.717) is 0 Å². The van der Waals surface area contributed by atoms with Gasteiger partial charge in [0.05, 0.1) is 0 Å². The van der Waals surface area contributed by atoms with Gasteiger partial charge in [-0.15, -0.1) is 0 Å². The van der Waals surface area contributed by atoms with Crippen LogP contribution in [0.1, 0.15) is 37.7 Å². The Morgan fingerprint density at radius 1 is 1.14 bits per heavy atom. The van der Waals surface area contributed by atoms with Gasteiger partial charge in [0.1, 0.15) is 6.33 Å². The van der Waals surface area contributed by atoms with E-state index in [4.69, 9.17) is 0 Å². The summed E-state index contributed by atoms with van der Waals surface area (Å²) in [4.78, 5) is 8.38. The number of aromatic nitrogens is 2. The van der Waals surface area contributed by atoms with Gasteiger partial charge in [0.2, 0.25) is 0 Å². The maximum Gasteiger partial charge on any atom is 0.115 e. The minimum atomic E-state index is 0.134. The van der Waals surface area contributed by atoms with Gasteiger partial charge in [-0.25, -0.2) is 9.97 Å². The van der Waals surface area contributed by atoms with Crippen LogP contribution in [-0.2, 0) is 6.54 Å². The van der Waals surface area contributed by atoms with Crippen molar-refractivity contribution in [3.8, 4) is 0 Å². The average molecular weight is 193 g/mol. The first-order valence-corrected chi connectivity index (χ1v) is 4.92. The smallest absolute Gasteiger partial charge is 0.115 e. The second-order valence-electron chi connectivity index (χ2n) is 4.63. The van der Waals surface area contributed by atoms with E-state index in [1.807, 2.05) is 13.8 Å². The van der Waals surface area contributed by atoms with Crippen LogP contribution in [-0.4, -0.2) is 15.5 Å². The van der Waals surface area contributed by atoms with Crippen molar-refractivity contribution in [2.75, 3.05) is 0 Å². The first kappa shape index (κ1) is 11.1. The lowest BCUT2D eigenvalue weighted by atomic mass is 10.1. The summed E-state index contributed by atoms with van der Waals surface area (Å²) in [5, 5.41) is 3.44. The summed E-state index contributed by atoms with van der Waals surface area (Å²) in [5.41, 5.74) is 3.47. The predicted octanol–water partition coefficient (Wildman–Crippen LogP) is 1.98. The van der Waals surface area contributed by atoms with Crippen LogP contribution in [0.5, 0.6) is 0 Å². The van der Waals surface area contributed by atoms with Crippen molar-refractivity contribution in [1.29, 1.82) is 0 Å². The van der Waals surface area contributed by atoms with E-state index in [0.717, 1.165) is 17.9 Å². The highest BCUT2D eigenvalue weighted by atomic mass is 15.0. The van der Waals surface area contributed by atoms with Gasteiger partial charge in [-0.2, -0.15) is 0 Å². The van der Waals surface area contributed by atoms with Crippen molar-refractivity contribution in [3.63, 3.8) is 0 Å². The molecule has 0 spiro atoms. The summed E-state index contributed by atoms with van der Waals surface area (Å²) < 4.78 is 0. The van der Waals surface area contributed by atoms with E-state index in [2.05, 4.69) is 36.1 Å². The highest BCUT2D eigenvalue weighted by Crippen LogP contribution is 2.09. The maximum atomic E-state index is 4.19. The van der Waals surface area contributed by atoms with Crippen molar-refractivity contribution < 1.29 is 0 Å². The van der Waals surface area contributed by atoms with Gasteiger partial charge in [0.25, 0.3) is 0 Å². The molecule has 1 heterocycles. The van der Waals surface area contributed by atoms with Gasteiger partial charge < -0.3 is 5.32 Å². The van der Waals surface area contributed by atoms with E-state index in [-0.39, 0.29) is 5.54 Å². The number of aryl methyl sites for hydroxylation is 2. The zero-order valence-corrected chi connectivity index (χ0v) is 9.68. The van der Waals surface area contributed by atoms with E-state index in [1.54, 1.807) is 6.33 Å². The predicted molar refractivity (Wildman–Crippen MR) is 58.1 cm³/mol. The van der Waals surface area contributed by atoms with E-state index in [1.165, 1.54) is 5.56 Å². The molecule has 0 fully saturated rings. The summed E-state index contributed by atoms with van der Waals surface area (Å²) in [6.07, 6.45) is 1.62. The normalized spacial score (nSPS) is 11.8. The molecule has 1 aromatic heterocycles. The minimum Gasteiger partial charge on any atom is -0.308 e. The molecule has 1 aromatic rings. The van der Waals surface area contributed by atoms with Crippen LogP contribution in [0.3, 0.4) is 0 Å². The van der Waals surface area contributed by atoms with E-state index < -0.39 is 0 Å². The van der Waals surface area contributed by atoms with Crippen molar-refractivity contribution in [3.05, 3.63) is 23.3 Å². The molecule has 0 aliphatic heterocycles. The first-order valence-electron chi connectivity index (χ1n) is 4.92. The molecule has 0 aliphatic rings. The van der Waals surface area contributed by atoms with E-state index >= 15 is 0 Å². The Morgan fingerprint density at radius 3 is 2.07 bits per heavy atom. The van der Waals surface area contributed by atoms with Crippen LogP contribution in [0, 0.1) is 13.8 Å². The largest absolute Gasteiger partial charge is 0.308 e. The summed E-state index contributed by atoms with van der Waals surface area (Å²) in [7, 11) is 0. The number of hydrogen-bond acceptors (Lipinski definition) is 3. The van der Waals surface area contributed by atoms with Gasteiger partial charge in [-0.3, -0.25) is 0 Å². The summed E-state index contributed by atoms with van der Waals surface area (Å²) in [5.74, 6) is 0. The number of rotatable bonds is 2. The van der Waals surface area contributed by atoms with Crippen LogP contribution in [0.2, 0.25) is 0 Å². The van der Waals surface area contributed by atoms with Crippen molar-refractivity contribution in [2.24, 2.45) is 0 Å². The topological polar surface area (TPSA) is 37.8 Å². The molecule has 0 radical (unpaired) electrons. The average Bonchev–Trinajstić information content (AvgIpc) is 2.01. The third kappa shape index (κ3) is 3.07. The first-order chi connectivity index (χ1) is 6.40. The Hall–Kier alpha value is -0.960. The van der Waals surface area contributed by atoms with E-state index in [9.17, 15) is 0 Å². The molecule has 0 amide bonds. The van der Waals surface area contributed by atoms with Gasteiger partial charge in [0.15, 0.2) is 0 Å². The molecule has 0 unspecified atom stereocenters. The monoisotopic (exact) mass is 193 g/mol.